The van der Waals surface area contributed by atoms with Crippen LogP contribution in [0.1, 0.15) is 34.1 Å². The van der Waals surface area contributed by atoms with Gasteiger partial charge < -0.3 is 0 Å². The van der Waals surface area contributed by atoms with Gasteiger partial charge in [-0.3, -0.25) is 9.80 Å². The van der Waals surface area contributed by atoms with Gasteiger partial charge in [0.25, 0.3) is 5.78 Å². The average molecular weight is 238 g/mol. The number of Topliss-reactive ketones (excluding diaryl/α,β-unsaturated/α-hetero) is 1. The fraction of sp³-hybridized carbons (Fsp3) is 0.800. The van der Waals surface area contributed by atoms with Crippen molar-refractivity contribution in [2.45, 2.75) is 45.8 Å². The highest BCUT2D eigenvalue weighted by Crippen LogP contribution is 2.19. The zero-order valence-electron chi connectivity index (χ0n) is 10.1. The molecular weight excluding hydrogens is 221 g/mol. The number of rotatable bonds is 3. The third kappa shape index (κ3) is 4.20. The standard InChI is InChI=1S/C10H17F3N2O/c1-6-7(8(16)10(11,12)13)14-15(5)9(2,3)4/h6H2,1-5H3/b14-7+. The van der Waals surface area contributed by atoms with Crippen molar-refractivity contribution in [1.82, 2.24) is 5.01 Å². The lowest BCUT2D eigenvalue weighted by atomic mass is 10.1. The Morgan fingerprint density at radius 2 is 1.69 bits per heavy atom. The summed E-state index contributed by atoms with van der Waals surface area (Å²) in [6.45, 7) is 6.85. The molecule has 16 heavy (non-hydrogen) atoms. The van der Waals surface area contributed by atoms with Gasteiger partial charge in [0.15, 0.2) is 0 Å². The Hall–Kier alpha value is -1.07. The number of hydrazone groups is 1. The van der Waals surface area contributed by atoms with Crippen LogP contribution in [0.2, 0.25) is 0 Å². The quantitative estimate of drug-likeness (QED) is 0.559. The van der Waals surface area contributed by atoms with E-state index in [0.717, 1.165) is 0 Å². The van der Waals surface area contributed by atoms with Crippen LogP contribution in [0.5, 0.6) is 0 Å². The number of carbonyl (C=O) groups is 1. The van der Waals surface area contributed by atoms with Gasteiger partial charge in [0.05, 0.1) is 0 Å². The van der Waals surface area contributed by atoms with Crippen LogP contribution in [0.25, 0.3) is 0 Å². The van der Waals surface area contributed by atoms with Crippen LogP contribution in [0.15, 0.2) is 5.10 Å². The molecule has 0 aliphatic carbocycles. The van der Waals surface area contributed by atoms with Crippen molar-refractivity contribution < 1.29 is 18.0 Å². The Morgan fingerprint density at radius 1 is 1.25 bits per heavy atom. The number of alkyl halides is 3. The SMILES string of the molecule is CC/C(=N\N(C)C(C)(C)C)C(=O)C(F)(F)F. The van der Waals surface area contributed by atoms with Gasteiger partial charge in [0.1, 0.15) is 5.71 Å². The molecule has 6 heteroatoms. The van der Waals surface area contributed by atoms with Crippen molar-refractivity contribution in [2.24, 2.45) is 5.10 Å². The first-order valence-corrected chi connectivity index (χ1v) is 4.93. The van der Waals surface area contributed by atoms with Crippen LogP contribution < -0.4 is 0 Å². The second kappa shape index (κ2) is 4.84. The molecule has 0 aromatic rings. The zero-order chi connectivity index (χ0) is 13.1. The van der Waals surface area contributed by atoms with Gasteiger partial charge in [-0.1, -0.05) is 6.92 Å². The van der Waals surface area contributed by atoms with E-state index >= 15 is 0 Å². The molecule has 3 nitrogen and oxygen atoms in total. The van der Waals surface area contributed by atoms with Gasteiger partial charge in [-0.05, 0) is 27.2 Å². The van der Waals surface area contributed by atoms with Crippen molar-refractivity contribution in [2.75, 3.05) is 7.05 Å². The topological polar surface area (TPSA) is 32.7 Å². The van der Waals surface area contributed by atoms with Gasteiger partial charge in [0, 0.05) is 12.6 Å². The van der Waals surface area contributed by atoms with Crippen molar-refractivity contribution in [3.8, 4) is 0 Å². The summed E-state index contributed by atoms with van der Waals surface area (Å²) in [6, 6.07) is 0. The van der Waals surface area contributed by atoms with Gasteiger partial charge in [0.2, 0.25) is 0 Å². The number of carbonyl (C=O) groups excluding carboxylic acids is 1. The number of nitrogens with zero attached hydrogens (tertiary/aromatic N) is 2. The minimum atomic E-state index is -4.85. The predicted octanol–water partition coefficient (Wildman–Crippen LogP) is 2.61. The molecular formula is C10H17F3N2O. The molecule has 0 aromatic heterocycles. The molecule has 0 saturated heterocycles. The smallest absolute Gasteiger partial charge is 0.294 e. The maximum absolute atomic E-state index is 12.2. The first kappa shape index (κ1) is 14.9. The van der Waals surface area contributed by atoms with Gasteiger partial charge in [-0.25, -0.2) is 0 Å². The normalized spacial score (nSPS) is 13.9. The summed E-state index contributed by atoms with van der Waals surface area (Å²) >= 11 is 0. The van der Waals surface area contributed by atoms with Crippen molar-refractivity contribution in [3.63, 3.8) is 0 Å². The monoisotopic (exact) mass is 238 g/mol. The summed E-state index contributed by atoms with van der Waals surface area (Å²) in [5.41, 5.74) is -0.892. The van der Waals surface area contributed by atoms with Gasteiger partial charge in [-0.2, -0.15) is 18.3 Å². The van der Waals surface area contributed by atoms with Crippen LogP contribution in [0, 0.1) is 0 Å². The second-order valence-corrected chi connectivity index (χ2v) is 4.42. The lowest BCUT2D eigenvalue weighted by Gasteiger charge is -2.29. The van der Waals surface area contributed by atoms with E-state index in [1.165, 1.54) is 11.9 Å². The van der Waals surface area contributed by atoms with E-state index in [2.05, 4.69) is 5.10 Å². The van der Waals surface area contributed by atoms with E-state index in [4.69, 9.17) is 0 Å². The van der Waals surface area contributed by atoms with E-state index < -0.39 is 23.2 Å². The largest absolute Gasteiger partial charge is 0.456 e. The molecule has 94 valence electrons. The van der Waals surface area contributed by atoms with Crippen LogP contribution in [0.3, 0.4) is 0 Å². The lowest BCUT2D eigenvalue weighted by Crippen LogP contribution is -2.38. The van der Waals surface area contributed by atoms with Crippen molar-refractivity contribution in [1.29, 1.82) is 0 Å². The summed E-state index contributed by atoms with van der Waals surface area (Å²) < 4.78 is 36.6. The Kier molecular flexibility index (Phi) is 4.52. The van der Waals surface area contributed by atoms with E-state index in [-0.39, 0.29) is 6.42 Å². The Bertz CT molecular complexity index is 289. The maximum Gasteiger partial charge on any atom is 0.456 e. The highest BCUT2D eigenvalue weighted by Gasteiger charge is 2.41. The summed E-state index contributed by atoms with van der Waals surface area (Å²) in [6.07, 6.45) is -4.90. The van der Waals surface area contributed by atoms with Gasteiger partial charge in [-0.15, -0.1) is 0 Å². The van der Waals surface area contributed by atoms with E-state index in [9.17, 15) is 18.0 Å². The highest BCUT2D eigenvalue weighted by molar-refractivity contribution is 6.41. The number of hydrogen-bond donors (Lipinski definition) is 0. The van der Waals surface area contributed by atoms with Crippen molar-refractivity contribution >= 4 is 11.5 Å². The minimum absolute atomic E-state index is 0.0429. The molecule has 0 N–H and O–H groups in total. The minimum Gasteiger partial charge on any atom is -0.294 e. The second-order valence-electron chi connectivity index (χ2n) is 4.42. The Balaban J connectivity index is 5.02. The molecule has 0 bridgehead atoms. The first-order chi connectivity index (χ1) is 7.00. The average Bonchev–Trinajstić information content (AvgIpc) is 2.09. The molecule has 0 unspecified atom stereocenters. The first-order valence-electron chi connectivity index (χ1n) is 4.93. The van der Waals surface area contributed by atoms with E-state index in [1.54, 1.807) is 27.8 Å². The number of ketones is 1. The van der Waals surface area contributed by atoms with Gasteiger partial charge >= 0.3 is 6.18 Å². The molecule has 0 aliphatic heterocycles. The Morgan fingerprint density at radius 3 is 1.94 bits per heavy atom. The molecule has 0 fully saturated rings. The molecule has 0 spiro atoms. The molecule has 0 aromatic carbocycles. The van der Waals surface area contributed by atoms with Crippen LogP contribution in [0.4, 0.5) is 13.2 Å². The van der Waals surface area contributed by atoms with Crippen LogP contribution in [-0.2, 0) is 4.79 Å². The molecule has 0 amide bonds. The summed E-state index contributed by atoms with van der Waals surface area (Å²) in [5.74, 6) is -1.87. The molecule has 0 aliphatic rings. The van der Waals surface area contributed by atoms with Crippen molar-refractivity contribution in [3.05, 3.63) is 0 Å². The Labute approximate surface area is 93.3 Å². The summed E-state index contributed by atoms with van der Waals surface area (Å²) in [7, 11) is 1.54. The number of hydrogen-bond acceptors (Lipinski definition) is 3. The van der Waals surface area contributed by atoms with Crippen LogP contribution in [-0.4, -0.2) is 35.3 Å². The van der Waals surface area contributed by atoms with E-state index in [1.807, 2.05) is 0 Å². The molecule has 0 saturated carbocycles. The summed E-state index contributed by atoms with van der Waals surface area (Å²) in [5, 5.41) is 5.07. The third-order valence-corrected chi connectivity index (χ3v) is 2.10. The van der Waals surface area contributed by atoms with Crippen LogP contribution >= 0.6 is 0 Å². The van der Waals surface area contributed by atoms with E-state index in [0.29, 0.717) is 0 Å². The molecule has 0 atom stereocenters. The summed E-state index contributed by atoms with van der Waals surface area (Å²) in [4.78, 5) is 11.0. The fourth-order valence-electron chi connectivity index (χ4n) is 0.771. The molecule has 0 radical (unpaired) electrons. The fourth-order valence-corrected chi connectivity index (χ4v) is 0.771. The molecule has 0 rings (SSSR count). The highest BCUT2D eigenvalue weighted by atomic mass is 19.4. The molecule has 0 heterocycles. The third-order valence-electron chi connectivity index (χ3n) is 2.10. The lowest BCUT2D eigenvalue weighted by molar-refractivity contribution is -0.163. The number of halogens is 3. The zero-order valence-corrected chi connectivity index (χ0v) is 10.1. The predicted molar refractivity (Wildman–Crippen MR) is 56.3 cm³/mol. The maximum atomic E-state index is 12.2.